The zero-order valence-corrected chi connectivity index (χ0v) is 40.0. The number of ether oxygens (including phenoxy) is 2. The molecule has 3 aromatic carbocycles. The highest BCUT2D eigenvalue weighted by Gasteiger charge is 2.44. The average molecular weight is 940 g/mol. The molecule has 3 heterocycles. The minimum atomic E-state index is -0.854. The topological polar surface area (TPSA) is 203 Å². The second kappa shape index (κ2) is 23.6. The molecule has 0 aliphatic carbocycles. The molecule has 16 nitrogen and oxygen atoms in total. The molecule has 5 N–H and O–H groups in total. The van der Waals surface area contributed by atoms with Crippen molar-refractivity contribution >= 4 is 52.3 Å². The lowest BCUT2D eigenvalue weighted by molar-refractivity contribution is -0.144. The Morgan fingerprint density at radius 1 is 0.896 bits per heavy atom. The number of nitrogens with zero attached hydrogens (tertiary/aromatic N) is 4. The average Bonchev–Trinajstić information content (AvgIpc) is 3.94. The minimum Gasteiger partial charge on any atom is -0.506 e. The fraction of sp³-hybridized carbons (Fsp3) is 0.480. The number of esters is 1. The number of β-amino-alcohol motifs (C(OH)–C–C–N with tert-alkyl or cyclic N) is 1. The normalized spacial score (nSPS) is 16.9. The molecule has 4 amide bonds. The number of aromatic nitrogens is 1. The van der Waals surface area contributed by atoms with E-state index in [9.17, 15) is 34.2 Å². The Bertz CT molecular complexity index is 2310. The van der Waals surface area contributed by atoms with Crippen LogP contribution in [-0.4, -0.2) is 126 Å². The zero-order chi connectivity index (χ0) is 48.1. The monoisotopic (exact) mass is 939 g/mol. The summed E-state index contributed by atoms with van der Waals surface area (Å²) in [6.07, 6.45) is 4.35. The maximum Gasteiger partial charge on any atom is 0.337 e. The number of rotatable bonds is 20. The van der Waals surface area contributed by atoms with E-state index in [0.717, 1.165) is 85.8 Å². The van der Waals surface area contributed by atoms with E-state index in [2.05, 4.69) is 30.7 Å². The lowest BCUT2D eigenvalue weighted by Gasteiger charge is -2.36. The highest BCUT2D eigenvalue weighted by molar-refractivity contribution is 7.13. The fourth-order valence-corrected chi connectivity index (χ4v) is 9.18. The lowest BCUT2D eigenvalue weighted by Crippen LogP contribution is -2.57. The number of phenols is 1. The summed E-state index contributed by atoms with van der Waals surface area (Å²) >= 11 is 1.58. The molecule has 2 saturated heterocycles. The number of methoxy groups -OCH3 is 1. The van der Waals surface area contributed by atoms with Crippen LogP contribution >= 0.6 is 11.3 Å². The molecule has 360 valence electrons. The van der Waals surface area contributed by atoms with Crippen LogP contribution in [0, 0.1) is 12.3 Å². The zero-order valence-electron chi connectivity index (χ0n) is 39.2. The van der Waals surface area contributed by atoms with Crippen LogP contribution in [0.3, 0.4) is 0 Å². The van der Waals surface area contributed by atoms with Gasteiger partial charge < -0.3 is 45.4 Å². The number of unbranched alkanes of at least 4 members (excludes halogenated alkanes) is 4. The Hall–Kier alpha value is -6.04. The molecule has 0 bridgehead atoms. The number of nitrogens with one attached hydrogen (secondary N) is 3. The van der Waals surface area contributed by atoms with E-state index in [1.54, 1.807) is 11.3 Å². The first-order valence-corrected chi connectivity index (χ1v) is 23.9. The first-order chi connectivity index (χ1) is 32.1. The number of hydrogen-bond acceptors (Lipinski definition) is 13. The number of hydrogen-bond donors (Lipinski definition) is 5. The van der Waals surface area contributed by atoms with Crippen molar-refractivity contribution in [3.8, 4) is 21.9 Å². The predicted octanol–water partition coefficient (Wildman–Crippen LogP) is 5.90. The van der Waals surface area contributed by atoms with Gasteiger partial charge in [-0.3, -0.25) is 24.1 Å². The third-order valence-electron chi connectivity index (χ3n) is 12.2. The summed E-state index contributed by atoms with van der Waals surface area (Å²) in [4.78, 5) is 76.6. The van der Waals surface area contributed by atoms with Gasteiger partial charge in [-0.15, -0.1) is 11.3 Å². The van der Waals surface area contributed by atoms with Crippen molar-refractivity contribution in [2.75, 3.05) is 63.2 Å². The summed E-state index contributed by atoms with van der Waals surface area (Å²) in [7, 11) is 1.25. The maximum atomic E-state index is 14.0. The Labute approximate surface area is 397 Å². The van der Waals surface area contributed by atoms with Crippen molar-refractivity contribution in [1.29, 1.82) is 0 Å². The van der Waals surface area contributed by atoms with E-state index < -0.39 is 35.5 Å². The van der Waals surface area contributed by atoms with Crippen molar-refractivity contribution in [2.24, 2.45) is 5.41 Å². The van der Waals surface area contributed by atoms with Gasteiger partial charge in [-0.25, -0.2) is 9.78 Å². The Balaban J connectivity index is 0.846. The van der Waals surface area contributed by atoms with E-state index in [1.807, 2.05) is 81.7 Å². The quantitative estimate of drug-likeness (QED) is 0.0400. The van der Waals surface area contributed by atoms with Crippen molar-refractivity contribution in [3.05, 3.63) is 89.1 Å². The van der Waals surface area contributed by atoms with Crippen LogP contribution in [0.1, 0.15) is 87.3 Å². The van der Waals surface area contributed by atoms with E-state index in [-0.39, 0.29) is 60.8 Å². The molecule has 6 rings (SSSR count). The standard InChI is InChI=1S/C50H65N7O9S/c1-33-45(67-32-52-33)35-14-12-34(13-15-35)29-51-47(62)41-28-38(58)30-57(41)48(63)46(50(2,3)4)54-43(60)11-9-7-6-8-10-22-55-23-25-56(26-24-55)37-17-19-39(20-18-37)66-31-44(61)53-40-27-36(49(64)65-5)16-21-42(40)59/h12-21,27,32,38,41,46,58-59H,6-11,22-26,28-31H2,1-5H3,(H,51,62)(H,53,61)(H,54,60)/t38-,41+,46-/m1/s1. The van der Waals surface area contributed by atoms with Gasteiger partial charge in [-0.2, -0.15) is 0 Å². The number of anilines is 2. The predicted molar refractivity (Wildman–Crippen MR) is 258 cm³/mol. The molecule has 0 saturated carbocycles. The number of carbonyl (C=O) groups excluding carboxylic acids is 5. The molecular formula is C50H65N7O9S. The maximum absolute atomic E-state index is 14.0. The van der Waals surface area contributed by atoms with Crippen LogP contribution in [0.5, 0.6) is 11.5 Å². The fourth-order valence-electron chi connectivity index (χ4n) is 8.36. The number of benzene rings is 3. The summed E-state index contributed by atoms with van der Waals surface area (Å²) in [5, 5.41) is 29.2. The number of aliphatic hydroxyl groups is 1. The molecule has 2 aliphatic rings. The second-order valence-corrected chi connectivity index (χ2v) is 19.2. The summed E-state index contributed by atoms with van der Waals surface area (Å²) in [5.41, 5.74) is 5.50. The molecule has 0 unspecified atom stereocenters. The summed E-state index contributed by atoms with van der Waals surface area (Å²) < 4.78 is 10.4. The molecule has 0 spiro atoms. The number of piperazine rings is 1. The van der Waals surface area contributed by atoms with Crippen LogP contribution in [0.2, 0.25) is 0 Å². The first kappa shape index (κ1) is 50.4. The molecule has 4 aromatic rings. The van der Waals surface area contributed by atoms with Crippen molar-refractivity contribution < 1.29 is 43.7 Å². The van der Waals surface area contributed by atoms with Gasteiger partial charge in [-0.05, 0) is 85.3 Å². The van der Waals surface area contributed by atoms with E-state index in [1.165, 1.54) is 30.2 Å². The number of amides is 4. The molecule has 1 aromatic heterocycles. The van der Waals surface area contributed by atoms with Gasteiger partial charge in [0.15, 0.2) is 6.61 Å². The van der Waals surface area contributed by atoms with Crippen LogP contribution in [-0.2, 0) is 30.5 Å². The number of thiazole rings is 1. The third-order valence-corrected chi connectivity index (χ3v) is 13.2. The third kappa shape index (κ3) is 14.2. The van der Waals surface area contributed by atoms with Crippen LogP contribution in [0.15, 0.2) is 72.2 Å². The van der Waals surface area contributed by atoms with E-state index >= 15 is 0 Å². The van der Waals surface area contributed by atoms with Gasteiger partial charge in [0, 0.05) is 57.8 Å². The molecule has 2 fully saturated rings. The molecule has 2 aliphatic heterocycles. The number of likely N-dealkylation sites (tertiary alicyclic amines) is 1. The molecule has 0 radical (unpaired) electrons. The van der Waals surface area contributed by atoms with Crippen molar-refractivity contribution in [1.82, 2.24) is 25.4 Å². The van der Waals surface area contributed by atoms with E-state index in [4.69, 9.17) is 9.47 Å². The summed E-state index contributed by atoms with van der Waals surface area (Å²) in [6.45, 7) is 12.4. The van der Waals surface area contributed by atoms with Crippen LogP contribution < -0.4 is 25.6 Å². The second-order valence-electron chi connectivity index (χ2n) is 18.3. The lowest BCUT2D eigenvalue weighted by atomic mass is 9.85. The molecular weight excluding hydrogens is 875 g/mol. The summed E-state index contributed by atoms with van der Waals surface area (Å²) in [6, 6.07) is 17.9. The number of phenolic OH excluding ortho intramolecular Hbond substituents is 1. The number of carbonyl (C=O) groups is 5. The van der Waals surface area contributed by atoms with Gasteiger partial charge in [0.05, 0.1) is 40.5 Å². The number of aromatic hydroxyl groups is 1. The highest BCUT2D eigenvalue weighted by atomic mass is 32.1. The summed E-state index contributed by atoms with van der Waals surface area (Å²) in [5.74, 6) is -1.62. The number of aryl methyl sites for hydroxylation is 1. The van der Waals surface area contributed by atoms with E-state index in [0.29, 0.717) is 18.6 Å². The SMILES string of the molecule is COC(=O)c1ccc(O)c(NC(=O)COc2ccc(N3CCN(CCCCCCCC(=O)N[C@H](C(=O)N4C[C@H](O)C[C@H]4C(=O)NCc4ccc(-c5scnc5C)cc4)C(C)(C)C)CC3)cc2)c1. The minimum absolute atomic E-state index is 0.0290. The molecule has 3 atom stereocenters. The van der Waals surface area contributed by atoms with Gasteiger partial charge in [-0.1, -0.05) is 64.3 Å². The van der Waals surface area contributed by atoms with Crippen molar-refractivity contribution in [3.63, 3.8) is 0 Å². The van der Waals surface area contributed by atoms with Gasteiger partial charge in [0.2, 0.25) is 17.7 Å². The Morgan fingerprint density at radius 2 is 1.60 bits per heavy atom. The Morgan fingerprint density at radius 3 is 2.27 bits per heavy atom. The first-order valence-electron chi connectivity index (χ1n) is 23.1. The largest absolute Gasteiger partial charge is 0.506 e. The Kier molecular flexibility index (Phi) is 17.8. The molecule has 17 heteroatoms. The highest BCUT2D eigenvalue weighted by Crippen LogP contribution is 2.29. The van der Waals surface area contributed by atoms with Crippen LogP contribution in [0.4, 0.5) is 11.4 Å². The van der Waals surface area contributed by atoms with Gasteiger partial charge in [0.25, 0.3) is 5.91 Å². The molecule has 67 heavy (non-hydrogen) atoms. The smallest absolute Gasteiger partial charge is 0.337 e. The van der Waals surface area contributed by atoms with Gasteiger partial charge >= 0.3 is 5.97 Å². The van der Waals surface area contributed by atoms with Crippen LogP contribution in [0.25, 0.3) is 10.4 Å². The van der Waals surface area contributed by atoms with Gasteiger partial charge in [0.1, 0.15) is 23.6 Å². The number of aliphatic hydroxyl groups excluding tert-OH is 1. The van der Waals surface area contributed by atoms with Crippen molar-refractivity contribution in [2.45, 2.75) is 97.4 Å².